The number of aromatic nitrogens is 2. The first kappa shape index (κ1) is 20.4. The van der Waals surface area contributed by atoms with Crippen molar-refractivity contribution in [1.82, 2.24) is 20.8 Å². The average molecular weight is 390 g/mol. The van der Waals surface area contributed by atoms with Gasteiger partial charge in [0.25, 0.3) is 11.6 Å². The molecule has 0 aliphatic carbocycles. The molecular weight excluding hydrogens is 372 g/mol. The zero-order valence-electron chi connectivity index (χ0n) is 15.2. The Balaban J connectivity index is 2.23. The Morgan fingerprint density at radius 1 is 1.00 bits per heavy atom. The molecule has 0 fully saturated rings. The third-order valence-corrected chi connectivity index (χ3v) is 3.20. The van der Waals surface area contributed by atoms with E-state index in [4.69, 9.17) is 0 Å². The second-order valence-electron chi connectivity index (χ2n) is 6.53. The molecule has 0 saturated heterocycles. The summed E-state index contributed by atoms with van der Waals surface area (Å²) in [4.78, 5) is 40.8. The van der Waals surface area contributed by atoms with E-state index in [1.807, 2.05) is 20.8 Å². The smallest absolute Gasteiger partial charge is 0.299 e. The van der Waals surface area contributed by atoms with Crippen LogP contribution in [0.4, 0.5) is 23.0 Å². The molecule has 1 aromatic carbocycles. The highest BCUT2D eigenvalue weighted by atomic mass is 16.6. The van der Waals surface area contributed by atoms with Crippen molar-refractivity contribution < 1.29 is 14.6 Å². The zero-order chi connectivity index (χ0) is 20.9. The van der Waals surface area contributed by atoms with E-state index in [-0.39, 0.29) is 17.2 Å². The predicted molar refractivity (Wildman–Crippen MR) is 99.4 cm³/mol. The number of carbonyl (C=O) groups excluding carboxylic acids is 1. The fraction of sp³-hybridized carbons (Fsp3) is 0.267. The highest BCUT2D eigenvalue weighted by molar-refractivity contribution is 5.98. The number of amides is 1. The Hall–Kier alpha value is -3.87. The number of hydrogen-bond acceptors (Lipinski definition) is 10. The first-order valence-corrected chi connectivity index (χ1v) is 7.92. The van der Waals surface area contributed by atoms with Crippen LogP contribution in [-0.4, -0.2) is 31.3 Å². The first-order valence-electron chi connectivity index (χ1n) is 7.92. The van der Waals surface area contributed by atoms with Crippen LogP contribution in [-0.2, 0) is 0 Å². The van der Waals surface area contributed by atoms with Crippen LogP contribution in [0.15, 0.2) is 30.6 Å². The summed E-state index contributed by atoms with van der Waals surface area (Å²) in [7, 11) is 0. The lowest BCUT2D eigenvalue weighted by molar-refractivity contribution is -0.385. The van der Waals surface area contributed by atoms with Crippen molar-refractivity contribution >= 4 is 28.9 Å². The molecule has 13 nitrogen and oxygen atoms in total. The maximum absolute atomic E-state index is 12.2. The Bertz CT molecular complexity index is 912. The molecule has 13 heteroatoms. The molecule has 148 valence electrons. The predicted octanol–water partition coefficient (Wildman–Crippen LogP) is 1.76. The van der Waals surface area contributed by atoms with Crippen molar-refractivity contribution in [1.29, 1.82) is 0 Å². The molecule has 0 bridgehead atoms. The van der Waals surface area contributed by atoms with Crippen LogP contribution in [0.5, 0.6) is 0 Å². The fourth-order valence-electron chi connectivity index (χ4n) is 1.99. The number of nitro benzene ring substituents is 1. The minimum atomic E-state index is -0.859. The topological polar surface area (TPSA) is 177 Å². The number of nitro groups is 2. The van der Waals surface area contributed by atoms with E-state index in [0.717, 1.165) is 6.33 Å². The molecule has 0 unspecified atom stereocenters. The summed E-state index contributed by atoms with van der Waals surface area (Å²) in [6, 6.07) is 5.29. The minimum absolute atomic E-state index is 0.127. The maximum Gasteiger partial charge on any atom is 0.356 e. The highest BCUT2D eigenvalue weighted by Crippen LogP contribution is 2.28. The Morgan fingerprint density at radius 3 is 2.18 bits per heavy atom. The molecule has 2 aromatic rings. The fourth-order valence-corrected chi connectivity index (χ4v) is 1.99. The van der Waals surface area contributed by atoms with Crippen molar-refractivity contribution in [3.05, 3.63) is 56.4 Å². The molecule has 0 aliphatic heterocycles. The molecule has 2 rings (SSSR count). The van der Waals surface area contributed by atoms with Gasteiger partial charge in [-0.05, 0) is 26.8 Å². The minimum Gasteiger partial charge on any atom is -0.299 e. The molecule has 0 atom stereocenters. The lowest BCUT2D eigenvalue weighted by atomic mass is 10.1. The molecule has 1 amide bonds. The van der Waals surface area contributed by atoms with E-state index in [1.54, 1.807) is 0 Å². The quantitative estimate of drug-likeness (QED) is 0.402. The van der Waals surface area contributed by atoms with Gasteiger partial charge < -0.3 is 0 Å². The largest absolute Gasteiger partial charge is 0.356 e. The van der Waals surface area contributed by atoms with Gasteiger partial charge in [0, 0.05) is 11.6 Å². The third-order valence-electron chi connectivity index (χ3n) is 3.20. The van der Waals surface area contributed by atoms with Crippen LogP contribution >= 0.6 is 0 Å². The van der Waals surface area contributed by atoms with Crippen molar-refractivity contribution in [2.45, 2.75) is 26.3 Å². The number of hydrogen-bond donors (Lipinski definition) is 4. The molecule has 0 saturated carbocycles. The van der Waals surface area contributed by atoms with E-state index in [1.165, 1.54) is 24.3 Å². The van der Waals surface area contributed by atoms with Gasteiger partial charge in [-0.2, -0.15) is 0 Å². The zero-order valence-corrected chi connectivity index (χ0v) is 15.2. The van der Waals surface area contributed by atoms with E-state index in [2.05, 4.69) is 31.7 Å². The van der Waals surface area contributed by atoms with Crippen LogP contribution in [0.2, 0.25) is 0 Å². The third kappa shape index (κ3) is 5.07. The van der Waals surface area contributed by atoms with Gasteiger partial charge in [-0.25, -0.2) is 15.4 Å². The lowest BCUT2D eigenvalue weighted by Gasteiger charge is -2.21. The summed E-state index contributed by atoms with van der Waals surface area (Å²) < 4.78 is 0. The van der Waals surface area contributed by atoms with E-state index >= 15 is 0 Å². The van der Waals surface area contributed by atoms with Gasteiger partial charge in [-0.3, -0.25) is 41.3 Å². The van der Waals surface area contributed by atoms with Crippen LogP contribution < -0.4 is 21.7 Å². The second-order valence-corrected chi connectivity index (χ2v) is 6.53. The Labute approximate surface area is 158 Å². The number of anilines is 2. The molecule has 1 aromatic heterocycles. The van der Waals surface area contributed by atoms with Gasteiger partial charge in [0.2, 0.25) is 11.6 Å². The number of nitrogens with zero attached hydrogens (tertiary/aromatic N) is 4. The number of rotatable bonds is 7. The van der Waals surface area contributed by atoms with Crippen molar-refractivity contribution in [3.8, 4) is 0 Å². The van der Waals surface area contributed by atoms with Gasteiger partial charge >= 0.3 is 5.69 Å². The number of para-hydroxylation sites is 1. The van der Waals surface area contributed by atoms with Crippen LogP contribution in [0.25, 0.3) is 0 Å². The lowest BCUT2D eigenvalue weighted by Crippen LogP contribution is -2.40. The molecule has 0 aliphatic rings. The summed E-state index contributed by atoms with van der Waals surface area (Å²) in [5, 5.41) is 22.5. The van der Waals surface area contributed by atoms with Crippen LogP contribution in [0, 0.1) is 20.2 Å². The number of nitrogens with one attached hydrogen (secondary N) is 4. The summed E-state index contributed by atoms with van der Waals surface area (Å²) >= 11 is 0. The van der Waals surface area contributed by atoms with Crippen molar-refractivity contribution in [3.63, 3.8) is 0 Å². The number of benzene rings is 1. The van der Waals surface area contributed by atoms with E-state index < -0.39 is 32.7 Å². The van der Waals surface area contributed by atoms with Crippen LogP contribution in [0.3, 0.4) is 0 Å². The SMILES string of the molecule is CC(C)(C)NNc1ncnc(NNC(=O)c2ccccc2[N+](=O)[O-])c1[N+](=O)[O-]. The second kappa shape index (κ2) is 8.22. The van der Waals surface area contributed by atoms with Crippen molar-refractivity contribution in [2.75, 3.05) is 10.9 Å². The number of carbonyl (C=O) groups is 1. The molecule has 28 heavy (non-hydrogen) atoms. The number of hydrazine groups is 2. The highest BCUT2D eigenvalue weighted by Gasteiger charge is 2.25. The van der Waals surface area contributed by atoms with E-state index in [0.29, 0.717) is 0 Å². The first-order chi connectivity index (χ1) is 13.1. The summed E-state index contributed by atoms with van der Waals surface area (Å²) in [6.07, 6.45) is 1.05. The Morgan fingerprint density at radius 2 is 1.61 bits per heavy atom. The summed E-state index contributed by atoms with van der Waals surface area (Å²) in [5.41, 5.74) is 8.39. The van der Waals surface area contributed by atoms with Gasteiger partial charge in [-0.15, -0.1) is 0 Å². The standard InChI is InChI=1S/C15H18N8O5/c1-15(2,3)21-19-13-11(23(27)28)12(16-8-17-13)18-20-14(24)9-6-4-5-7-10(9)22(25)26/h4-8,21H,1-3H3,(H,20,24)(H2,16,17,18,19). The maximum atomic E-state index is 12.2. The van der Waals surface area contributed by atoms with E-state index in [9.17, 15) is 25.0 Å². The molecule has 1 heterocycles. The van der Waals surface area contributed by atoms with Crippen molar-refractivity contribution in [2.24, 2.45) is 0 Å². The molecule has 4 N–H and O–H groups in total. The van der Waals surface area contributed by atoms with Gasteiger partial charge in [0.1, 0.15) is 11.9 Å². The summed E-state index contributed by atoms with van der Waals surface area (Å²) in [5.74, 6) is -1.29. The van der Waals surface area contributed by atoms with Gasteiger partial charge in [0.15, 0.2) is 0 Å². The normalized spacial score (nSPS) is 10.8. The summed E-state index contributed by atoms with van der Waals surface area (Å²) in [6.45, 7) is 5.50. The monoisotopic (exact) mass is 390 g/mol. The Kier molecular flexibility index (Phi) is 6.00. The molecule has 0 spiro atoms. The van der Waals surface area contributed by atoms with Gasteiger partial charge in [0.05, 0.1) is 9.85 Å². The molecular formula is C15H18N8O5. The van der Waals surface area contributed by atoms with Crippen LogP contribution in [0.1, 0.15) is 31.1 Å². The van der Waals surface area contributed by atoms with Gasteiger partial charge in [-0.1, -0.05) is 12.1 Å². The average Bonchev–Trinajstić information content (AvgIpc) is 2.63. The molecule has 0 radical (unpaired) electrons.